The van der Waals surface area contributed by atoms with Gasteiger partial charge in [-0.1, -0.05) is 6.07 Å². The van der Waals surface area contributed by atoms with Crippen LogP contribution in [-0.4, -0.2) is 64.3 Å². The standard InChI is InChI=1S/C21H33N3O4/c1-5-28-19-15-16(8-9-18(19)26-3)7-6-12-23-21(22-2)24-13-10-17(11-14-24)20(25)27-4/h8-9,15,17H,5-7,10-14H2,1-4H3,(H,22,23). The molecule has 1 N–H and O–H groups in total. The van der Waals surface area contributed by atoms with Crippen LogP contribution in [0.1, 0.15) is 31.7 Å². The molecule has 2 rings (SSSR count). The summed E-state index contributed by atoms with van der Waals surface area (Å²) >= 11 is 0. The molecule has 156 valence electrons. The summed E-state index contributed by atoms with van der Waals surface area (Å²) in [6.45, 7) is 5.05. The average Bonchev–Trinajstić information content (AvgIpc) is 2.74. The molecule has 0 unspecified atom stereocenters. The Balaban J connectivity index is 1.78. The van der Waals surface area contributed by atoms with Crippen LogP contribution in [0.15, 0.2) is 23.2 Å². The lowest BCUT2D eigenvalue weighted by Gasteiger charge is -2.33. The Labute approximate surface area is 168 Å². The van der Waals surface area contributed by atoms with E-state index in [0.717, 1.165) is 62.8 Å². The minimum Gasteiger partial charge on any atom is -0.493 e. The van der Waals surface area contributed by atoms with E-state index in [4.69, 9.17) is 14.2 Å². The predicted molar refractivity (Wildman–Crippen MR) is 110 cm³/mol. The summed E-state index contributed by atoms with van der Waals surface area (Å²) in [6, 6.07) is 6.08. The van der Waals surface area contributed by atoms with E-state index < -0.39 is 0 Å². The van der Waals surface area contributed by atoms with E-state index in [0.29, 0.717) is 6.61 Å². The van der Waals surface area contributed by atoms with Gasteiger partial charge in [-0.3, -0.25) is 9.79 Å². The Morgan fingerprint density at radius 2 is 2.00 bits per heavy atom. The SMILES string of the molecule is CCOc1cc(CCCNC(=NC)N2CCC(C(=O)OC)CC2)ccc1OC. The number of benzene rings is 1. The van der Waals surface area contributed by atoms with Gasteiger partial charge in [0.25, 0.3) is 0 Å². The van der Waals surface area contributed by atoms with E-state index in [1.165, 1.54) is 12.7 Å². The van der Waals surface area contributed by atoms with Crippen LogP contribution in [-0.2, 0) is 16.0 Å². The van der Waals surface area contributed by atoms with Crippen molar-refractivity contribution in [3.8, 4) is 11.5 Å². The smallest absolute Gasteiger partial charge is 0.308 e. The van der Waals surface area contributed by atoms with E-state index in [1.807, 2.05) is 13.0 Å². The van der Waals surface area contributed by atoms with Crippen molar-refractivity contribution in [2.24, 2.45) is 10.9 Å². The Morgan fingerprint density at radius 3 is 2.61 bits per heavy atom. The molecule has 1 aliphatic heterocycles. The summed E-state index contributed by atoms with van der Waals surface area (Å²) in [5.41, 5.74) is 1.22. The molecule has 28 heavy (non-hydrogen) atoms. The average molecular weight is 392 g/mol. The van der Waals surface area contributed by atoms with Crippen molar-refractivity contribution in [2.75, 3.05) is 47.5 Å². The highest BCUT2D eigenvalue weighted by atomic mass is 16.5. The fourth-order valence-electron chi connectivity index (χ4n) is 3.46. The van der Waals surface area contributed by atoms with Gasteiger partial charge in [0.2, 0.25) is 0 Å². The number of ether oxygens (including phenoxy) is 3. The maximum Gasteiger partial charge on any atom is 0.308 e. The number of carbonyl (C=O) groups is 1. The van der Waals surface area contributed by atoms with Gasteiger partial charge in [0.15, 0.2) is 17.5 Å². The van der Waals surface area contributed by atoms with Crippen LogP contribution in [0.25, 0.3) is 0 Å². The van der Waals surface area contributed by atoms with Crippen LogP contribution in [0.5, 0.6) is 11.5 Å². The highest BCUT2D eigenvalue weighted by Crippen LogP contribution is 2.28. The number of nitrogens with zero attached hydrogens (tertiary/aromatic N) is 2. The number of nitrogens with one attached hydrogen (secondary N) is 1. The molecule has 1 aromatic rings. The van der Waals surface area contributed by atoms with E-state index in [2.05, 4.69) is 27.3 Å². The number of esters is 1. The summed E-state index contributed by atoms with van der Waals surface area (Å²) in [7, 11) is 4.91. The monoisotopic (exact) mass is 391 g/mol. The molecule has 7 heteroatoms. The van der Waals surface area contributed by atoms with Crippen molar-refractivity contribution < 1.29 is 19.0 Å². The molecule has 1 fully saturated rings. The van der Waals surface area contributed by atoms with Crippen LogP contribution >= 0.6 is 0 Å². The molecule has 0 spiro atoms. The third kappa shape index (κ3) is 6.04. The molecule has 1 aliphatic rings. The van der Waals surface area contributed by atoms with E-state index in [9.17, 15) is 4.79 Å². The lowest BCUT2D eigenvalue weighted by molar-refractivity contribution is -0.146. The maximum absolute atomic E-state index is 11.7. The Bertz CT molecular complexity index is 655. The Kier molecular flexibility index (Phi) is 8.91. The van der Waals surface area contributed by atoms with Gasteiger partial charge >= 0.3 is 5.97 Å². The van der Waals surface area contributed by atoms with E-state index >= 15 is 0 Å². The van der Waals surface area contributed by atoms with Gasteiger partial charge in [0.05, 0.1) is 26.7 Å². The van der Waals surface area contributed by atoms with Crippen molar-refractivity contribution in [1.82, 2.24) is 10.2 Å². The fourth-order valence-corrected chi connectivity index (χ4v) is 3.46. The fraction of sp³-hybridized carbons (Fsp3) is 0.619. The molecule has 0 atom stereocenters. The van der Waals surface area contributed by atoms with Crippen LogP contribution in [0, 0.1) is 5.92 Å². The lowest BCUT2D eigenvalue weighted by atomic mass is 9.97. The molecule has 0 aliphatic carbocycles. The van der Waals surface area contributed by atoms with Gasteiger partial charge in [-0.05, 0) is 50.3 Å². The molecular weight excluding hydrogens is 358 g/mol. The maximum atomic E-state index is 11.7. The third-order valence-electron chi connectivity index (χ3n) is 4.99. The van der Waals surface area contributed by atoms with Gasteiger partial charge in [0, 0.05) is 26.7 Å². The Morgan fingerprint density at radius 1 is 1.25 bits per heavy atom. The predicted octanol–water partition coefficient (Wildman–Crippen LogP) is 2.49. The second kappa shape index (κ2) is 11.4. The first-order chi connectivity index (χ1) is 13.6. The summed E-state index contributed by atoms with van der Waals surface area (Å²) < 4.78 is 15.8. The third-order valence-corrected chi connectivity index (χ3v) is 4.99. The number of hydrogen-bond acceptors (Lipinski definition) is 5. The van der Waals surface area contributed by atoms with Crippen LogP contribution < -0.4 is 14.8 Å². The molecule has 0 saturated carbocycles. The number of aryl methyl sites for hydroxylation is 1. The number of methoxy groups -OCH3 is 2. The van der Waals surface area contributed by atoms with Crippen LogP contribution in [0.2, 0.25) is 0 Å². The summed E-state index contributed by atoms with van der Waals surface area (Å²) in [5, 5.41) is 3.43. The number of aliphatic imine (C=N–C) groups is 1. The number of likely N-dealkylation sites (tertiary alicyclic amines) is 1. The molecule has 1 saturated heterocycles. The van der Waals surface area contributed by atoms with Crippen molar-refractivity contribution in [1.29, 1.82) is 0 Å². The molecule has 1 aromatic carbocycles. The topological polar surface area (TPSA) is 72.4 Å². The van der Waals surface area contributed by atoms with Gasteiger partial charge in [-0.25, -0.2) is 0 Å². The Hall–Kier alpha value is -2.44. The van der Waals surface area contributed by atoms with Crippen molar-refractivity contribution >= 4 is 11.9 Å². The quantitative estimate of drug-likeness (QED) is 0.318. The minimum atomic E-state index is -0.103. The summed E-state index contributed by atoms with van der Waals surface area (Å²) in [6.07, 6.45) is 3.53. The lowest BCUT2D eigenvalue weighted by Crippen LogP contribution is -2.46. The van der Waals surface area contributed by atoms with Crippen molar-refractivity contribution in [3.63, 3.8) is 0 Å². The number of carbonyl (C=O) groups excluding carboxylic acids is 1. The van der Waals surface area contributed by atoms with E-state index in [1.54, 1.807) is 14.2 Å². The first-order valence-electron chi connectivity index (χ1n) is 9.96. The number of rotatable bonds is 8. The zero-order valence-electron chi connectivity index (χ0n) is 17.5. The van der Waals surface area contributed by atoms with Gasteiger partial charge in [0.1, 0.15) is 0 Å². The van der Waals surface area contributed by atoms with E-state index in [-0.39, 0.29) is 11.9 Å². The second-order valence-corrected chi connectivity index (χ2v) is 6.78. The van der Waals surface area contributed by atoms with Gasteiger partial charge in [-0.2, -0.15) is 0 Å². The molecule has 7 nitrogen and oxygen atoms in total. The van der Waals surface area contributed by atoms with Crippen molar-refractivity contribution in [2.45, 2.75) is 32.6 Å². The zero-order chi connectivity index (χ0) is 20.4. The normalized spacial score (nSPS) is 15.3. The van der Waals surface area contributed by atoms with Crippen molar-refractivity contribution in [3.05, 3.63) is 23.8 Å². The molecule has 0 bridgehead atoms. The van der Waals surface area contributed by atoms with Crippen LogP contribution in [0.4, 0.5) is 0 Å². The molecule has 1 heterocycles. The first kappa shape index (κ1) is 21.9. The molecular formula is C21H33N3O4. The highest BCUT2D eigenvalue weighted by molar-refractivity contribution is 5.80. The summed E-state index contributed by atoms with van der Waals surface area (Å²) in [4.78, 5) is 18.3. The molecule has 0 amide bonds. The number of piperidine rings is 1. The van der Waals surface area contributed by atoms with Gasteiger partial charge in [-0.15, -0.1) is 0 Å². The molecule has 0 aromatic heterocycles. The van der Waals surface area contributed by atoms with Gasteiger partial charge < -0.3 is 24.4 Å². The highest BCUT2D eigenvalue weighted by Gasteiger charge is 2.26. The zero-order valence-corrected chi connectivity index (χ0v) is 17.5. The largest absolute Gasteiger partial charge is 0.493 e. The molecule has 0 radical (unpaired) electrons. The number of hydrogen-bond donors (Lipinski definition) is 1. The van der Waals surface area contributed by atoms with Crippen LogP contribution in [0.3, 0.4) is 0 Å². The first-order valence-corrected chi connectivity index (χ1v) is 9.96. The second-order valence-electron chi connectivity index (χ2n) is 6.78. The summed E-state index contributed by atoms with van der Waals surface area (Å²) in [5.74, 6) is 2.36. The number of guanidine groups is 1. The minimum absolute atomic E-state index is 0.00830.